The lowest BCUT2D eigenvalue weighted by atomic mass is 10.1. The van der Waals surface area contributed by atoms with Crippen molar-refractivity contribution in [2.75, 3.05) is 5.32 Å². The predicted octanol–water partition coefficient (Wildman–Crippen LogP) is 5.45. The number of nitrogens with zero attached hydrogens (tertiary/aromatic N) is 5. The number of pyridine rings is 1. The predicted molar refractivity (Wildman–Crippen MR) is 105 cm³/mol. The van der Waals surface area contributed by atoms with E-state index in [1.807, 2.05) is 22.8 Å². The number of rotatable bonds is 4. The average Bonchev–Trinajstić information content (AvgIpc) is 3.04. The monoisotopic (exact) mass is 420 g/mol. The van der Waals surface area contributed by atoms with Crippen molar-refractivity contribution in [3.05, 3.63) is 47.6 Å². The molecule has 1 aromatic carbocycles. The van der Waals surface area contributed by atoms with Gasteiger partial charge in [-0.25, -0.2) is 15.0 Å². The Labute approximate surface area is 168 Å². The number of nitrogens with one attached hydrogen (secondary N) is 1. The number of fused-ring (bicyclic) bond motifs is 3. The number of imidazole rings is 1. The van der Waals surface area contributed by atoms with Gasteiger partial charge in [-0.15, -0.1) is 0 Å². The molecule has 0 spiro atoms. The molecule has 0 atom stereocenters. The van der Waals surface area contributed by atoms with E-state index in [1.165, 1.54) is 0 Å². The summed E-state index contributed by atoms with van der Waals surface area (Å²) in [4.78, 5) is 16.1. The first-order valence-corrected chi connectivity index (χ1v) is 9.22. The largest absolute Gasteiger partial charge is 0.421 e. The molecule has 0 aliphatic carbocycles. The third-order valence-corrected chi connectivity index (χ3v) is 4.50. The minimum atomic E-state index is -4.65. The van der Waals surface area contributed by atoms with Gasteiger partial charge in [0.05, 0.1) is 17.4 Å². The van der Waals surface area contributed by atoms with Gasteiger partial charge in [0, 0.05) is 18.1 Å². The first kappa shape index (κ1) is 19.4. The minimum absolute atomic E-state index is 0.168. The van der Waals surface area contributed by atoms with Crippen molar-refractivity contribution in [1.82, 2.24) is 24.5 Å². The minimum Gasteiger partial charge on any atom is -0.330 e. The molecule has 0 aliphatic heterocycles. The molecule has 3 aromatic heterocycles. The molecule has 0 fully saturated rings. The quantitative estimate of drug-likeness (QED) is 0.445. The van der Waals surface area contributed by atoms with Crippen LogP contribution in [0.25, 0.3) is 21.9 Å². The van der Waals surface area contributed by atoms with Crippen LogP contribution >= 0.6 is 11.6 Å². The van der Waals surface area contributed by atoms with Crippen molar-refractivity contribution in [2.24, 2.45) is 5.92 Å². The molecule has 10 heteroatoms. The van der Waals surface area contributed by atoms with Crippen LogP contribution in [0.3, 0.4) is 0 Å². The van der Waals surface area contributed by atoms with Crippen LogP contribution in [0.5, 0.6) is 0 Å². The molecule has 29 heavy (non-hydrogen) atoms. The summed E-state index contributed by atoms with van der Waals surface area (Å²) in [7, 11) is 0. The van der Waals surface area contributed by atoms with Crippen LogP contribution in [0.4, 0.5) is 24.8 Å². The maximum absolute atomic E-state index is 13.4. The molecule has 0 aliphatic rings. The highest BCUT2D eigenvalue weighted by molar-refractivity contribution is 6.28. The number of benzene rings is 1. The van der Waals surface area contributed by atoms with E-state index in [4.69, 9.17) is 11.6 Å². The fourth-order valence-corrected chi connectivity index (χ4v) is 3.31. The summed E-state index contributed by atoms with van der Waals surface area (Å²) < 4.78 is 42.2. The Kier molecular flexibility index (Phi) is 4.77. The van der Waals surface area contributed by atoms with E-state index >= 15 is 0 Å². The lowest BCUT2D eigenvalue weighted by molar-refractivity contribution is -0.137. The number of anilines is 2. The van der Waals surface area contributed by atoms with Gasteiger partial charge < -0.3 is 9.88 Å². The van der Waals surface area contributed by atoms with Gasteiger partial charge in [0.1, 0.15) is 16.9 Å². The van der Waals surface area contributed by atoms with E-state index < -0.39 is 17.6 Å². The van der Waals surface area contributed by atoms with Gasteiger partial charge in [0.2, 0.25) is 5.28 Å². The summed E-state index contributed by atoms with van der Waals surface area (Å²) in [6, 6.07) is 7.41. The van der Waals surface area contributed by atoms with Crippen LogP contribution in [0, 0.1) is 5.92 Å². The van der Waals surface area contributed by atoms with Crippen LogP contribution in [-0.4, -0.2) is 24.5 Å². The van der Waals surface area contributed by atoms with E-state index in [2.05, 4.69) is 39.1 Å². The van der Waals surface area contributed by atoms with Crippen LogP contribution in [-0.2, 0) is 12.7 Å². The normalized spacial score (nSPS) is 12.2. The van der Waals surface area contributed by atoms with E-state index in [1.54, 1.807) is 12.4 Å². The van der Waals surface area contributed by atoms with Crippen LogP contribution in [0.2, 0.25) is 5.28 Å². The van der Waals surface area contributed by atoms with Gasteiger partial charge in [-0.3, -0.25) is 0 Å². The highest BCUT2D eigenvalue weighted by Crippen LogP contribution is 2.36. The molecule has 1 N–H and O–H groups in total. The Morgan fingerprint density at radius 1 is 1.10 bits per heavy atom. The first-order chi connectivity index (χ1) is 13.7. The summed E-state index contributed by atoms with van der Waals surface area (Å²) in [6.45, 7) is 4.86. The molecule has 4 rings (SSSR count). The van der Waals surface area contributed by atoms with Crippen molar-refractivity contribution in [3.63, 3.8) is 0 Å². The molecule has 3 heterocycles. The molecular formula is C19H16ClF3N6. The lowest BCUT2D eigenvalue weighted by Crippen LogP contribution is -2.12. The zero-order chi connectivity index (χ0) is 20.8. The molecule has 6 nitrogen and oxygen atoms in total. The van der Waals surface area contributed by atoms with E-state index in [9.17, 15) is 13.2 Å². The number of para-hydroxylation sites is 1. The molecule has 4 aromatic rings. The second kappa shape index (κ2) is 7.14. The third-order valence-electron chi connectivity index (χ3n) is 4.32. The average molecular weight is 421 g/mol. The van der Waals surface area contributed by atoms with Crippen LogP contribution in [0.15, 0.2) is 36.8 Å². The molecule has 150 valence electrons. The second-order valence-corrected chi connectivity index (χ2v) is 7.33. The maximum atomic E-state index is 13.4. The summed E-state index contributed by atoms with van der Waals surface area (Å²) in [5.74, 6) is 0.0507. The Morgan fingerprint density at radius 2 is 1.86 bits per heavy atom. The zero-order valence-electron chi connectivity index (χ0n) is 15.5. The van der Waals surface area contributed by atoms with Crippen LogP contribution < -0.4 is 5.32 Å². The molecular weight excluding hydrogens is 405 g/mol. The van der Waals surface area contributed by atoms with E-state index in [0.717, 1.165) is 10.9 Å². The summed E-state index contributed by atoms with van der Waals surface area (Å²) in [6.07, 6.45) is -2.34. The molecule has 0 unspecified atom stereocenters. The SMILES string of the molecule is CC(C)Cn1cnc2c(Nc3nc(Cl)ncc3C(F)(F)F)nc3ccccc3c21. The van der Waals surface area contributed by atoms with Gasteiger partial charge in [0.15, 0.2) is 5.82 Å². The van der Waals surface area contributed by atoms with E-state index in [-0.39, 0.29) is 11.1 Å². The zero-order valence-corrected chi connectivity index (χ0v) is 16.3. The molecule has 0 bridgehead atoms. The van der Waals surface area contributed by atoms with Gasteiger partial charge in [-0.1, -0.05) is 32.0 Å². The Balaban J connectivity index is 1.93. The van der Waals surface area contributed by atoms with Gasteiger partial charge >= 0.3 is 6.18 Å². The van der Waals surface area contributed by atoms with Crippen LogP contribution in [0.1, 0.15) is 19.4 Å². The fourth-order valence-electron chi connectivity index (χ4n) is 3.18. The summed E-state index contributed by atoms with van der Waals surface area (Å²) in [5.41, 5.74) is 0.834. The number of halogens is 4. The number of hydrogen-bond donors (Lipinski definition) is 1. The maximum Gasteiger partial charge on any atom is 0.421 e. The van der Waals surface area contributed by atoms with Gasteiger partial charge in [-0.05, 0) is 23.6 Å². The molecule has 0 radical (unpaired) electrons. The van der Waals surface area contributed by atoms with Crippen molar-refractivity contribution >= 4 is 45.2 Å². The van der Waals surface area contributed by atoms with Crippen molar-refractivity contribution in [2.45, 2.75) is 26.6 Å². The summed E-state index contributed by atoms with van der Waals surface area (Å²) in [5, 5.41) is 3.24. The third kappa shape index (κ3) is 3.69. The van der Waals surface area contributed by atoms with Gasteiger partial charge in [0.25, 0.3) is 0 Å². The highest BCUT2D eigenvalue weighted by Gasteiger charge is 2.35. The van der Waals surface area contributed by atoms with Crippen molar-refractivity contribution < 1.29 is 13.2 Å². The standard InChI is InChI=1S/C19H16ClF3N6/c1-10(2)8-29-9-25-14-15(29)11-5-3-4-6-13(11)26-17(14)27-16-12(19(21,22)23)7-24-18(20)28-16/h3-7,9-10H,8H2,1-2H3,(H,24,26,27,28). The topological polar surface area (TPSA) is 68.5 Å². The molecule has 0 saturated carbocycles. The first-order valence-electron chi connectivity index (χ1n) is 8.84. The number of aromatic nitrogens is 5. The van der Waals surface area contributed by atoms with Crippen molar-refractivity contribution in [3.8, 4) is 0 Å². The highest BCUT2D eigenvalue weighted by atomic mass is 35.5. The Hall–Kier alpha value is -2.94. The fraction of sp³-hybridized carbons (Fsp3) is 0.263. The van der Waals surface area contributed by atoms with Gasteiger partial charge in [-0.2, -0.15) is 18.2 Å². The van der Waals surface area contributed by atoms with E-state index in [0.29, 0.717) is 29.7 Å². The number of hydrogen-bond acceptors (Lipinski definition) is 5. The Morgan fingerprint density at radius 3 is 2.59 bits per heavy atom. The lowest BCUT2D eigenvalue weighted by Gasteiger charge is -2.14. The smallest absolute Gasteiger partial charge is 0.330 e. The molecule has 0 saturated heterocycles. The summed E-state index contributed by atoms with van der Waals surface area (Å²) >= 11 is 5.74. The van der Waals surface area contributed by atoms with Crippen molar-refractivity contribution in [1.29, 1.82) is 0 Å². The molecule has 0 amide bonds. The number of alkyl halides is 3. The second-order valence-electron chi connectivity index (χ2n) is 6.99. The Bertz CT molecular complexity index is 1200.